The number of aromatic carboxylic acids is 1. The fraction of sp³-hybridized carbons (Fsp3) is 0.0909. The van der Waals surface area contributed by atoms with Gasteiger partial charge in [0.1, 0.15) is 10.6 Å². The van der Waals surface area contributed by atoms with Gasteiger partial charge < -0.3 is 5.11 Å². The van der Waals surface area contributed by atoms with Crippen LogP contribution in [0.4, 0.5) is 0 Å². The van der Waals surface area contributed by atoms with Crippen molar-refractivity contribution >= 4 is 49.5 Å². The van der Waals surface area contributed by atoms with Crippen molar-refractivity contribution in [3.05, 3.63) is 32.7 Å². The maximum Gasteiger partial charge on any atom is 0.347 e. The minimum atomic E-state index is -0.900. The summed E-state index contributed by atoms with van der Waals surface area (Å²) in [5.41, 5.74) is 1.59. The molecule has 0 aliphatic carbocycles. The Labute approximate surface area is 119 Å². The Kier molecular flexibility index (Phi) is 2.76. The number of carboxylic acids is 1. The van der Waals surface area contributed by atoms with E-state index in [0.29, 0.717) is 9.84 Å². The quantitative estimate of drug-likeness (QED) is 0.768. The molecule has 0 aliphatic rings. The first-order valence-corrected chi connectivity index (χ1v) is 7.46. The number of hydrogen-bond donors (Lipinski definition) is 1. The van der Waals surface area contributed by atoms with Gasteiger partial charge in [-0.05, 0) is 35.0 Å². The Morgan fingerprint density at radius 3 is 2.78 bits per heavy atom. The second-order valence-electron chi connectivity index (χ2n) is 3.70. The maximum atomic E-state index is 11.0. The molecule has 0 bridgehead atoms. The average Bonchev–Trinajstić information content (AvgIpc) is 2.95. The smallest absolute Gasteiger partial charge is 0.347 e. The molecule has 1 N–H and O–H groups in total. The molecule has 4 nitrogen and oxygen atoms in total. The fourth-order valence-corrected chi connectivity index (χ4v) is 4.01. The number of halogens is 1. The molecule has 3 heterocycles. The van der Waals surface area contributed by atoms with Gasteiger partial charge in [-0.15, -0.1) is 11.3 Å². The lowest BCUT2D eigenvalue weighted by atomic mass is 10.3. The Morgan fingerprint density at radius 1 is 1.44 bits per heavy atom. The number of thiazole rings is 1. The Balaban J connectivity index is 2.16. The number of carbonyl (C=O) groups is 1. The van der Waals surface area contributed by atoms with Gasteiger partial charge in [0, 0.05) is 11.9 Å². The second kappa shape index (κ2) is 4.18. The lowest BCUT2D eigenvalue weighted by Gasteiger charge is -1.91. The van der Waals surface area contributed by atoms with Crippen molar-refractivity contribution < 1.29 is 9.90 Å². The molecule has 0 spiro atoms. The highest BCUT2D eigenvalue weighted by molar-refractivity contribution is 9.11. The molecule has 92 valence electrons. The van der Waals surface area contributed by atoms with Crippen LogP contribution in [0.15, 0.2) is 22.1 Å². The summed E-state index contributed by atoms with van der Waals surface area (Å²) in [6.07, 6.45) is 1.88. The van der Waals surface area contributed by atoms with Gasteiger partial charge >= 0.3 is 5.97 Å². The van der Waals surface area contributed by atoms with Gasteiger partial charge in [0.15, 0.2) is 4.96 Å². The van der Waals surface area contributed by atoms with E-state index in [0.717, 1.165) is 20.1 Å². The summed E-state index contributed by atoms with van der Waals surface area (Å²) in [6, 6.07) is 3.97. The third-order valence-electron chi connectivity index (χ3n) is 2.58. The van der Waals surface area contributed by atoms with Crippen LogP contribution in [-0.2, 0) is 0 Å². The van der Waals surface area contributed by atoms with Crippen molar-refractivity contribution in [2.75, 3.05) is 0 Å². The van der Waals surface area contributed by atoms with E-state index in [1.165, 1.54) is 11.3 Å². The largest absolute Gasteiger partial charge is 0.477 e. The molecular formula is C11H7BrN2O2S2. The molecule has 7 heteroatoms. The van der Waals surface area contributed by atoms with E-state index in [1.54, 1.807) is 18.3 Å². The monoisotopic (exact) mass is 342 g/mol. The first-order chi connectivity index (χ1) is 8.56. The molecule has 0 fully saturated rings. The van der Waals surface area contributed by atoms with Crippen molar-refractivity contribution in [3.63, 3.8) is 0 Å². The van der Waals surface area contributed by atoms with Gasteiger partial charge in [-0.1, -0.05) is 11.3 Å². The van der Waals surface area contributed by atoms with Crippen LogP contribution in [0.3, 0.4) is 0 Å². The number of fused-ring (bicyclic) bond motifs is 1. The van der Waals surface area contributed by atoms with E-state index < -0.39 is 5.97 Å². The number of rotatable bonds is 2. The van der Waals surface area contributed by atoms with Gasteiger partial charge in [-0.25, -0.2) is 9.78 Å². The predicted molar refractivity (Wildman–Crippen MR) is 75.8 cm³/mol. The molecule has 18 heavy (non-hydrogen) atoms. The van der Waals surface area contributed by atoms with Gasteiger partial charge in [0.25, 0.3) is 0 Å². The molecule has 3 aromatic rings. The molecule has 3 aromatic heterocycles. The van der Waals surface area contributed by atoms with Crippen LogP contribution < -0.4 is 0 Å². The maximum absolute atomic E-state index is 11.0. The van der Waals surface area contributed by atoms with Crippen molar-refractivity contribution in [1.29, 1.82) is 0 Å². The Bertz CT molecular complexity index is 756. The highest BCUT2D eigenvalue weighted by Gasteiger charge is 2.17. The SMILES string of the molecule is Cc1c(C(=O)O)sc2nc(-c3ccc(Br)s3)cn12. The Morgan fingerprint density at radius 2 is 2.22 bits per heavy atom. The van der Waals surface area contributed by atoms with Gasteiger partial charge in [-0.2, -0.15) is 0 Å². The molecule has 0 atom stereocenters. The topological polar surface area (TPSA) is 54.6 Å². The molecule has 0 saturated heterocycles. The summed E-state index contributed by atoms with van der Waals surface area (Å²) in [4.78, 5) is 17.6. The normalized spacial score (nSPS) is 11.2. The van der Waals surface area contributed by atoms with Crippen LogP contribution in [-0.4, -0.2) is 20.5 Å². The number of aromatic nitrogens is 2. The number of nitrogens with zero attached hydrogens (tertiary/aromatic N) is 2. The van der Waals surface area contributed by atoms with Gasteiger partial charge in [-0.3, -0.25) is 4.40 Å². The highest BCUT2D eigenvalue weighted by Crippen LogP contribution is 2.32. The average molecular weight is 343 g/mol. The van der Waals surface area contributed by atoms with Crippen LogP contribution in [0, 0.1) is 6.92 Å². The molecule has 0 aliphatic heterocycles. The highest BCUT2D eigenvalue weighted by atomic mass is 79.9. The van der Waals surface area contributed by atoms with Crippen LogP contribution in [0.5, 0.6) is 0 Å². The molecule has 0 saturated carbocycles. The first-order valence-electron chi connectivity index (χ1n) is 5.04. The van der Waals surface area contributed by atoms with Crippen LogP contribution in [0.25, 0.3) is 15.5 Å². The minimum absolute atomic E-state index is 0.344. The van der Waals surface area contributed by atoms with E-state index in [2.05, 4.69) is 20.9 Å². The zero-order valence-corrected chi connectivity index (χ0v) is 12.4. The lowest BCUT2D eigenvalue weighted by Crippen LogP contribution is -1.96. The number of carboxylic acid groups (broad SMARTS) is 1. The van der Waals surface area contributed by atoms with Crippen LogP contribution in [0.2, 0.25) is 0 Å². The molecule has 3 rings (SSSR count). The van der Waals surface area contributed by atoms with Crippen molar-refractivity contribution in [2.24, 2.45) is 0 Å². The van der Waals surface area contributed by atoms with E-state index in [1.807, 2.05) is 22.7 Å². The van der Waals surface area contributed by atoms with Crippen molar-refractivity contribution in [1.82, 2.24) is 9.38 Å². The predicted octanol–water partition coefficient (Wildman–Crippen LogP) is 3.89. The summed E-state index contributed by atoms with van der Waals surface area (Å²) in [7, 11) is 0. The van der Waals surface area contributed by atoms with Crippen LogP contribution >= 0.6 is 38.6 Å². The van der Waals surface area contributed by atoms with E-state index in [9.17, 15) is 4.79 Å². The van der Waals surface area contributed by atoms with Gasteiger partial charge in [0.05, 0.1) is 8.66 Å². The zero-order valence-electron chi connectivity index (χ0n) is 9.18. The standard InChI is InChI=1S/C11H7BrN2O2S2/c1-5-9(10(15)16)18-11-13-6(4-14(5)11)7-2-3-8(12)17-7/h2-4H,1H3,(H,15,16). The summed E-state index contributed by atoms with van der Waals surface area (Å²) < 4.78 is 2.88. The molecule has 0 radical (unpaired) electrons. The number of hydrogen-bond acceptors (Lipinski definition) is 4. The molecular weight excluding hydrogens is 336 g/mol. The van der Waals surface area contributed by atoms with E-state index >= 15 is 0 Å². The molecule has 0 aromatic carbocycles. The lowest BCUT2D eigenvalue weighted by molar-refractivity contribution is 0.0701. The number of aryl methyl sites for hydroxylation is 1. The van der Waals surface area contributed by atoms with Crippen molar-refractivity contribution in [3.8, 4) is 10.6 Å². The number of thiophene rings is 1. The Hall–Kier alpha value is -1.18. The summed E-state index contributed by atoms with van der Waals surface area (Å²) in [5, 5.41) is 9.04. The minimum Gasteiger partial charge on any atom is -0.477 e. The third kappa shape index (κ3) is 1.79. The third-order valence-corrected chi connectivity index (χ3v) is 5.37. The van der Waals surface area contributed by atoms with Crippen molar-refractivity contribution in [2.45, 2.75) is 6.92 Å². The van der Waals surface area contributed by atoms with E-state index in [4.69, 9.17) is 5.11 Å². The fourth-order valence-electron chi connectivity index (χ4n) is 1.72. The summed E-state index contributed by atoms with van der Waals surface area (Å²) >= 11 is 6.22. The number of imidazole rings is 1. The molecule has 0 amide bonds. The van der Waals surface area contributed by atoms with Crippen LogP contribution in [0.1, 0.15) is 15.4 Å². The summed E-state index contributed by atoms with van der Waals surface area (Å²) in [6.45, 7) is 1.79. The second-order valence-corrected chi connectivity index (χ2v) is 7.14. The van der Waals surface area contributed by atoms with Gasteiger partial charge in [0.2, 0.25) is 0 Å². The molecule has 0 unspecified atom stereocenters. The first kappa shape index (κ1) is 11.9. The van der Waals surface area contributed by atoms with E-state index in [-0.39, 0.29) is 0 Å². The summed E-state index contributed by atoms with van der Waals surface area (Å²) in [5.74, 6) is -0.900. The zero-order chi connectivity index (χ0) is 12.9.